The molecule has 1 saturated heterocycles. The van der Waals surface area contributed by atoms with E-state index in [0.717, 1.165) is 0 Å². The monoisotopic (exact) mass is 154 g/mol. The van der Waals surface area contributed by atoms with Gasteiger partial charge in [0, 0.05) is 11.9 Å². The Hall–Kier alpha value is -0.605. The average molecular weight is 154 g/mol. The van der Waals surface area contributed by atoms with Crippen molar-refractivity contribution in [1.29, 1.82) is 0 Å². The first-order valence-electron chi connectivity index (χ1n) is 3.71. The molecule has 0 aromatic heterocycles. The molecule has 0 amide bonds. The van der Waals surface area contributed by atoms with E-state index in [1.807, 2.05) is 0 Å². The van der Waals surface area contributed by atoms with Crippen molar-refractivity contribution in [3.63, 3.8) is 0 Å². The van der Waals surface area contributed by atoms with Crippen molar-refractivity contribution < 1.29 is 14.1 Å². The van der Waals surface area contributed by atoms with E-state index in [4.69, 9.17) is 9.31 Å². The molecule has 0 aliphatic carbocycles. The molecule has 0 atom stereocenters. The van der Waals surface area contributed by atoms with Gasteiger partial charge in [-0.25, -0.2) is 0 Å². The Morgan fingerprint density at radius 1 is 1.55 bits per heavy atom. The van der Waals surface area contributed by atoms with Gasteiger partial charge in [0.15, 0.2) is 5.78 Å². The first-order chi connectivity index (χ1) is 5.25. The van der Waals surface area contributed by atoms with Crippen molar-refractivity contribution in [1.82, 2.24) is 0 Å². The van der Waals surface area contributed by atoms with Gasteiger partial charge in [0.05, 0.1) is 13.2 Å². The van der Waals surface area contributed by atoms with E-state index in [0.29, 0.717) is 25.1 Å². The van der Waals surface area contributed by atoms with Gasteiger partial charge in [-0.15, -0.1) is 0 Å². The van der Waals surface area contributed by atoms with E-state index in [-0.39, 0.29) is 5.78 Å². The normalized spacial score (nSPS) is 17.0. The van der Waals surface area contributed by atoms with E-state index in [1.54, 1.807) is 6.92 Å². The van der Waals surface area contributed by atoms with Crippen molar-refractivity contribution in [3.8, 4) is 0 Å². The number of hydrogen-bond acceptors (Lipinski definition) is 3. The summed E-state index contributed by atoms with van der Waals surface area (Å²) in [6, 6.07) is 0. The average Bonchev–Trinajstić information content (AvgIpc) is 2.53. The number of allylic oxidation sites excluding steroid dienone is 1. The molecule has 0 N–H and O–H groups in total. The summed E-state index contributed by atoms with van der Waals surface area (Å²) in [5.41, 5.74) is 0.435. The molecule has 0 spiro atoms. The van der Waals surface area contributed by atoms with E-state index in [2.05, 4.69) is 6.58 Å². The van der Waals surface area contributed by atoms with Crippen LogP contribution in [0.3, 0.4) is 0 Å². The fraction of sp³-hybridized carbons (Fsp3) is 0.571. The minimum absolute atomic E-state index is 0.0110. The number of Topliss-reactive ketones (excluding diaryl/α,β-unsaturated/α-hetero) is 1. The topological polar surface area (TPSA) is 35.5 Å². The number of ketones is 1. The Balaban J connectivity index is 2.46. The summed E-state index contributed by atoms with van der Waals surface area (Å²) in [5.74, 6) is 0.0110. The molecule has 1 aliphatic heterocycles. The lowest BCUT2D eigenvalue weighted by Gasteiger charge is -2.03. The number of carbonyl (C=O) groups excluding carboxylic acids is 1. The highest BCUT2D eigenvalue weighted by molar-refractivity contribution is 6.61. The predicted octanol–water partition coefficient (Wildman–Crippen LogP) is 0.596. The summed E-state index contributed by atoms with van der Waals surface area (Å²) in [4.78, 5) is 11.0. The molecular weight excluding hydrogens is 143 g/mol. The first kappa shape index (κ1) is 8.49. The standard InChI is InChI=1S/C7H11BO3/c1-3-7(9)6(2)8-10-4-5-11-8/h2-5H2,1H3. The maximum absolute atomic E-state index is 11.0. The van der Waals surface area contributed by atoms with E-state index >= 15 is 0 Å². The highest BCUT2D eigenvalue weighted by Crippen LogP contribution is 2.09. The van der Waals surface area contributed by atoms with Gasteiger partial charge >= 0.3 is 7.12 Å². The van der Waals surface area contributed by atoms with Crippen molar-refractivity contribution >= 4 is 12.9 Å². The summed E-state index contributed by atoms with van der Waals surface area (Å²) < 4.78 is 10.2. The largest absolute Gasteiger partial charge is 0.497 e. The van der Waals surface area contributed by atoms with Crippen LogP contribution in [0.4, 0.5) is 0 Å². The zero-order valence-corrected chi connectivity index (χ0v) is 6.63. The summed E-state index contributed by atoms with van der Waals surface area (Å²) in [6.45, 7) is 6.51. The van der Waals surface area contributed by atoms with Gasteiger partial charge in [0.1, 0.15) is 0 Å². The SMILES string of the molecule is C=C(B1OCCO1)C(=O)CC. The van der Waals surface area contributed by atoms with Crippen LogP contribution in [0.1, 0.15) is 13.3 Å². The third-order valence-corrected chi connectivity index (χ3v) is 1.59. The Kier molecular flexibility index (Phi) is 2.85. The second kappa shape index (κ2) is 3.69. The van der Waals surface area contributed by atoms with Gasteiger partial charge in [-0.3, -0.25) is 4.79 Å². The summed E-state index contributed by atoms with van der Waals surface area (Å²) in [6.07, 6.45) is 0.460. The van der Waals surface area contributed by atoms with Crippen molar-refractivity contribution in [2.75, 3.05) is 13.2 Å². The Morgan fingerprint density at radius 3 is 2.55 bits per heavy atom. The van der Waals surface area contributed by atoms with Gasteiger partial charge in [0.25, 0.3) is 0 Å². The zero-order valence-electron chi connectivity index (χ0n) is 6.63. The van der Waals surface area contributed by atoms with Crippen LogP contribution in [-0.4, -0.2) is 26.1 Å². The van der Waals surface area contributed by atoms with Crippen LogP contribution >= 0.6 is 0 Å². The van der Waals surface area contributed by atoms with Gasteiger partial charge < -0.3 is 9.31 Å². The molecule has 1 fully saturated rings. The van der Waals surface area contributed by atoms with Gasteiger partial charge in [-0.1, -0.05) is 13.5 Å². The molecule has 1 rings (SSSR count). The van der Waals surface area contributed by atoms with Crippen LogP contribution in [0.15, 0.2) is 12.1 Å². The lowest BCUT2D eigenvalue weighted by atomic mass is 9.76. The predicted molar refractivity (Wildman–Crippen MR) is 42.1 cm³/mol. The third kappa shape index (κ3) is 1.91. The number of rotatable bonds is 3. The van der Waals surface area contributed by atoms with Gasteiger partial charge in [-0.2, -0.15) is 0 Å². The van der Waals surface area contributed by atoms with Gasteiger partial charge in [-0.05, 0) is 0 Å². The van der Waals surface area contributed by atoms with Crippen LogP contribution in [0.2, 0.25) is 0 Å². The van der Waals surface area contributed by atoms with Crippen LogP contribution in [-0.2, 0) is 14.1 Å². The summed E-state index contributed by atoms with van der Waals surface area (Å²) >= 11 is 0. The number of hydrogen-bond donors (Lipinski definition) is 0. The molecule has 4 heteroatoms. The first-order valence-corrected chi connectivity index (χ1v) is 3.71. The second-order valence-electron chi connectivity index (χ2n) is 2.38. The molecular formula is C7H11BO3. The van der Waals surface area contributed by atoms with Crippen LogP contribution < -0.4 is 0 Å². The van der Waals surface area contributed by atoms with E-state index in [9.17, 15) is 4.79 Å². The molecule has 0 aromatic rings. The Morgan fingerprint density at radius 2 is 2.09 bits per heavy atom. The second-order valence-corrected chi connectivity index (χ2v) is 2.38. The Bertz CT molecular complexity index is 173. The minimum Gasteiger partial charge on any atom is -0.405 e. The highest BCUT2D eigenvalue weighted by atomic mass is 16.6. The molecule has 11 heavy (non-hydrogen) atoms. The quantitative estimate of drug-likeness (QED) is 0.440. The maximum Gasteiger partial charge on any atom is 0.497 e. The molecule has 0 radical (unpaired) electrons. The molecule has 1 aliphatic rings. The van der Waals surface area contributed by atoms with E-state index in [1.165, 1.54) is 0 Å². The Labute approximate surface area is 66.5 Å². The molecule has 0 unspecified atom stereocenters. The van der Waals surface area contributed by atoms with Crippen LogP contribution in [0.25, 0.3) is 0 Å². The lowest BCUT2D eigenvalue weighted by molar-refractivity contribution is -0.114. The summed E-state index contributed by atoms with van der Waals surface area (Å²) in [7, 11) is -0.484. The molecule has 60 valence electrons. The smallest absolute Gasteiger partial charge is 0.405 e. The number of carbonyl (C=O) groups is 1. The maximum atomic E-state index is 11.0. The fourth-order valence-corrected chi connectivity index (χ4v) is 0.918. The molecule has 1 heterocycles. The minimum atomic E-state index is -0.484. The van der Waals surface area contributed by atoms with Crippen molar-refractivity contribution in [3.05, 3.63) is 12.1 Å². The van der Waals surface area contributed by atoms with Crippen molar-refractivity contribution in [2.45, 2.75) is 13.3 Å². The van der Waals surface area contributed by atoms with Crippen molar-refractivity contribution in [2.24, 2.45) is 0 Å². The molecule has 3 nitrogen and oxygen atoms in total. The fourth-order valence-electron chi connectivity index (χ4n) is 0.918. The lowest BCUT2D eigenvalue weighted by Crippen LogP contribution is -2.22. The van der Waals surface area contributed by atoms with Gasteiger partial charge in [0.2, 0.25) is 0 Å². The van der Waals surface area contributed by atoms with Crippen LogP contribution in [0, 0.1) is 0 Å². The highest BCUT2D eigenvalue weighted by Gasteiger charge is 2.30. The summed E-state index contributed by atoms with van der Waals surface area (Å²) in [5, 5.41) is 0. The van der Waals surface area contributed by atoms with Crippen LogP contribution in [0.5, 0.6) is 0 Å². The molecule has 0 saturated carbocycles. The molecule has 0 aromatic carbocycles. The third-order valence-electron chi connectivity index (χ3n) is 1.59. The van der Waals surface area contributed by atoms with E-state index < -0.39 is 7.12 Å². The zero-order chi connectivity index (χ0) is 8.27. The molecule has 0 bridgehead atoms.